The van der Waals surface area contributed by atoms with Gasteiger partial charge in [-0.25, -0.2) is 18.2 Å². The Morgan fingerprint density at radius 3 is 2.56 bits per heavy atom. The zero-order valence-electron chi connectivity index (χ0n) is 9.84. The summed E-state index contributed by atoms with van der Waals surface area (Å²) in [5.74, 6) is -0.676. The lowest BCUT2D eigenvalue weighted by Crippen LogP contribution is -2.32. The minimum absolute atomic E-state index is 0.0562. The molecule has 0 aliphatic carbocycles. The van der Waals surface area contributed by atoms with Gasteiger partial charge < -0.3 is 10.4 Å². The molecule has 1 aromatic heterocycles. The second-order valence-corrected chi connectivity index (χ2v) is 7.81. The average Bonchev–Trinajstić information content (AvgIpc) is 2.63. The van der Waals surface area contributed by atoms with Crippen molar-refractivity contribution >= 4 is 32.3 Å². The largest absolute Gasteiger partial charge is 0.476 e. The predicted octanol–water partition coefficient (Wildman–Crippen LogP) is 1.14. The third kappa shape index (κ3) is 2.99. The van der Waals surface area contributed by atoms with E-state index >= 15 is 0 Å². The van der Waals surface area contributed by atoms with Gasteiger partial charge >= 0.3 is 5.97 Å². The van der Waals surface area contributed by atoms with E-state index in [0.717, 1.165) is 0 Å². The Balaban J connectivity index is 2.03. The van der Waals surface area contributed by atoms with Crippen LogP contribution in [0.1, 0.15) is 28.2 Å². The molecule has 0 atom stereocenters. The maximum atomic E-state index is 11.3. The lowest BCUT2D eigenvalue weighted by atomic mass is 10.2. The Bertz CT molecular complexity index is 550. The number of anilines is 1. The molecule has 0 amide bonds. The van der Waals surface area contributed by atoms with E-state index in [1.54, 1.807) is 6.92 Å². The Morgan fingerprint density at radius 2 is 2.06 bits per heavy atom. The molecule has 18 heavy (non-hydrogen) atoms. The van der Waals surface area contributed by atoms with E-state index in [1.165, 1.54) is 11.3 Å². The van der Waals surface area contributed by atoms with E-state index in [-0.39, 0.29) is 23.2 Å². The van der Waals surface area contributed by atoms with Crippen LogP contribution in [0.15, 0.2) is 0 Å². The quantitative estimate of drug-likeness (QED) is 0.866. The van der Waals surface area contributed by atoms with Crippen LogP contribution in [0.4, 0.5) is 5.13 Å². The van der Waals surface area contributed by atoms with Crippen molar-refractivity contribution in [3.8, 4) is 0 Å². The van der Waals surface area contributed by atoms with E-state index in [2.05, 4.69) is 10.3 Å². The first-order valence-corrected chi connectivity index (χ1v) is 8.19. The van der Waals surface area contributed by atoms with Crippen LogP contribution in [0, 0.1) is 6.92 Å². The standard InChI is InChI=1S/C10H14N2O4S2/c1-6-8(9(13)14)12-10(17-6)11-7-2-4-18(15,16)5-3-7/h7H,2-5H2,1H3,(H,11,12)(H,13,14). The second kappa shape index (κ2) is 4.85. The molecule has 100 valence electrons. The topological polar surface area (TPSA) is 96.4 Å². The monoisotopic (exact) mass is 290 g/mol. The van der Waals surface area contributed by atoms with Crippen molar-refractivity contribution in [2.24, 2.45) is 0 Å². The fraction of sp³-hybridized carbons (Fsp3) is 0.600. The van der Waals surface area contributed by atoms with Gasteiger partial charge in [-0.3, -0.25) is 0 Å². The molecule has 1 fully saturated rings. The number of hydrogen-bond donors (Lipinski definition) is 2. The lowest BCUT2D eigenvalue weighted by molar-refractivity contribution is 0.0690. The second-order valence-electron chi connectivity index (χ2n) is 4.30. The van der Waals surface area contributed by atoms with Gasteiger partial charge in [-0.15, -0.1) is 11.3 Å². The fourth-order valence-corrected chi connectivity index (χ4v) is 4.24. The summed E-state index contributed by atoms with van der Waals surface area (Å²) in [5.41, 5.74) is 0.0610. The molecule has 2 rings (SSSR count). The zero-order chi connectivity index (χ0) is 13.3. The Hall–Kier alpha value is -1.15. The van der Waals surface area contributed by atoms with Crippen LogP contribution < -0.4 is 5.32 Å². The van der Waals surface area contributed by atoms with Gasteiger partial charge in [-0.2, -0.15) is 0 Å². The van der Waals surface area contributed by atoms with Gasteiger partial charge in [0, 0.05) is 10.9 Å². The van der Waals surface area contributed by atoms with Gasteiger partial charge in [-0.05, 0) is 19.8 Å². The summed E-state index contributed by atoms with van der Waals surface area (Å²) in [6, 6.07) is 0.0562. The maximum Gasteiger partial charge on any atom is 0.355 e. The number of carboxylic acids is 1. The van der Waals surface area contributed by atoms with E-state index in [9.17, 15) is 13.2 Å². The third-order valence-corrected chi connectivity index (χ3v) is 5.50. The third-order valence-electron chi connectivity index (χ3n) is 2.88. The number of aromatic carboxylic acids is 1. The highest BCUT2D eigenvalue weighted by Gasteiger charge is 2.24. The van der Waals surface area contributed by atoms with Crippen LogP contribution in [0.5, 0.6) is 0 Å². The summed E-state index contributed by atoms with van der Waals surface area (Å²) in [7, 11) is -2.88. The Labute approximate surface area is 109 Å². The number of carboxylic acid groups (broad SMARTS) is 1. The minimum atomic E-state index is -2.88. The van der Waals surface area contributed by atoms with Gasteiger partial charge in [0.25, 0.3) is 0 Å². The Morgan fingerprint density at radius 1 is 1.44 bits per heavy atom. The lowest BCUT2D eigenvalue weighted by Gasteiger charge is -2.22. The summed E-state index contributed by atoms with van der Waals surface area (Å²) in [4.78, 5) is 15.5. The van der Waals surface area contributed by atoms with E-state index in [0.29, 0.717) is 22.9 Å². The van der Waals surface area contributed by atoms with E-state index in [1.807, 2.05) is 0 Å². The van der Waals surface area contributed by atoms with Crippen LogP contribution in [0.25, 0.3) is 0 Å². The Kier molecular flexibility index (Phi) is 3.58. The number of carbonyl (C=O) groups is 1. The molecule has 1 aliphatic heterocycles. The molecular formula is C10H14N2O4S2. The molecule has 1 aromatic rings. The number of thiazole rings is 1. The van der Waals surface area contributed by atoms with Crippen LogP contribution in [0.3, 0.4) is 0 Å². The number of sulfone groups is 1. The highest BCUT2D eigenvalue weighted by molar-refractivity contribution is 7.91. The van der Waals surface area contributed by atoms with Crippen LogP contribution in [-0.2, 0) is 9.84 Å². The van der Waals surface area contributed by atoms with Crippen molar-refractivity contribution in [1.82, 2.24) is 4.98 Å². The highest BCUT2D eigenvalue weighted by atomic mass is 32.2. The molecule has 2 heterocycles. The van der Waals surface area contributed by atoms with Crippen molar-refractivity contribution in [3.63, 3.8) is 0 Å². The number of aromatic nitrogens is 1. The smallest absolute Gasteiger partial charge is 0.355 e. The van der Waals surface area contributed by atoms with E-state index < -0.39 is 15.8 Å². The van der Waals surface area contributed by atoms with Crippen molar-refractivity contribution in [1.29, 1.82) is 0 Å². The van der Waals surface area contributed by atoms with Gasteiger partial charge in [0.1, 0.15) is 9.84 Å². The van der Waals surface area contributed by atoms with Gasteiger partial charge in [-0.1, -0.05) is 0 Å². The molecule has 6 nitrogen and oxygen atoms in total. The minimum Gasteiger partial charge on any atom is -0.476 e. The zero-order valence-corrected chi connectivity index (χ0v) is 11.5. The number of nitrogens with one attached hydrogen (secondary N) is 1. The number of aryl methyl sites for hydroxylation is 1. The summed E-state index contributed by atoms with van der Waals surface area (Å²) >= 11 is 1.28. The number of hydrogen-bond acceptors (Lipinski definition) is 6. The normalized spacial score (nSPS) is 19.6. The molecule has 0 aromatic carbocycles. The highest BCUT2D eigenvalue weighted by Crippen LogP contribution is 2.25. The van der Waals surface area contributed by atoms with Crippen LogP contribution >= 0.6 is 11.3 Å². The summed E-state index contributed by atoms with van der Waals surface area (Å²) in [6.07, 6.45) is 1.09. The average molecular weight is 290 g/mol. The van der Waals surface area contributed by atoms with Crippen molar-refractivity contribution in [2.45, 2.75) is 25.8 Å². The molecule has 0 spiro atoms. The maximum absolute atomic E-state index is 11.3. The number of nitrogens with zero attached hydrogens (tertiary/aromatic N) is 1. The predicted molar refractivity (Wildman–Crippen MR) is 69.1 cm³/mol. The number of rotatable bonds is 3. The van der Waals surface area contributed by atoms with Gasteiger partial charge in [0.05, 0.1) is 11.5 Å². The van der Waals surface area contributed by atoms with Crippen molar-refractivity contribution < 1.29 is 18.3 Å². The first kappa shape index (κ1) is 13.3. The molecule has 0 unspecified atom stereocenters. The molecule has 2 N–H and O–H groups in total. The SMILES string of the molecule is Cc1sc(NC2CCS(=O)(=O)CC2)nc1C(=O)O. The molecule has 1 aliphatic rings. The van der Waals surface area contributed by atoms with Gasteiger partial charge in [0.15, 0.2) is 10.8 Å². The molecule has 0 radical (unpaired) electrons. The molecular weight excluding hydrogens is 276 g/mol. The first-order chi connectivity index (χ1) is 8.37. The molecule has 0 bridgehead atoms. The van der Waals surface area contributed by atoms with Crippen LogP contribution in [0.2, 0.25) is 0 Å². The fourth-order valence-electron chi connectivity index (χ4n) is 1.87. The van der Waals surface area contributed by atoms with Crippen molar-refractivity contribution in [3.05, 3.63) is 10.6 Å². The first-order valence-electron chi connectivity index (χ1n) is 5.55. The summed E-state index contributed by atoms with van der Waals surface area (Å²) < 4.78 is 22.6. The van der Waals surface area contributed by atoms with Gasteiger partial charge in [0.2, 0.25) is 0 Å². The van der Waals surface area contributed by atoms with E-state index in [4.69, 9.17) is 5.11 Å². The summed E-state index contributed by atoms with van der Waals surface area (Å²) in [6.45, 7) is 1.71. The molecule has 8 heteroatoms. The van der Waals surface area contributed by atoms with Crippen LogP contribution in [-0.4, -0.2) is 42.0 Å². The molecule has 1 saturated heterocycles. The molecule has 0 saturated carbocycles. The summed E-state index contributed by atoms with van der Waals surface area (Å²) in [5, 5.41) is 12.6. The van der Waals surface area contributed by atoms with Crippen molar-refractivity contribution in [2.75, 3.05) is 16.8 Å².